The zero-order valence-electron chi connectivity index (χ0n) is 18.0. The minimum atomic E-state index is -0.176. The van der Waals surface area contributed by atoms with Gasteiger partial charge in [-0.05, 0) is 49.1 Å². The summed E-state index contributed by atoms with van der Waals surface area (Å²) in [6.07, 6.45) is 3.02. The number of nitrogens with one attached hydrogen (secondary N) is 2. The van der Waals surface area contributed by atoms with Crippen molar-refractivity contribution in [3.05, 3.63) is 57.3 Å². The molecule has 7 heteroatoms. The van der Waals surface area contributed by atoms with Gasteiger partial charge < -0.3 is 16.4 Å². The van der Waals surface area contributed by atoms with Crippen LogP contribution in [-0.4, -0.2) is 36.9 Å². The molecule has 1 saturated heterocycles. The normalized spacial score (nSPS) is 17.7. The molecule has 0 bridgehead atoms. The van der Waals surface area contributed by atoms with E-state index < -0.39 is 0 Å². The van der Waals surface area contributed by atoms with Gasteiger partial charge in [-0.1, -0.05) is 31.2 Å². The van der Waals surface area contributed by atoms with Crippen LogP contribution in [0.4, 0.5) is 0 Å². The lowest BCUT2D eigenvalue weighted by molar-refractivity contribution is -0.123. The lowest BCUT2D eigenvalue weighted by atomic mass is 9.97. The highest BCUT2D eigenvalue weighted by atomic mass is 32.1. The molecule has 2 heterocycles. The molecule has 1 aliphatic rings. The number of nitrogens with zero attached hydrogens (tertiary/aromatic N) is 2. The Labute approximate surface area is 183 Å². The molecule has 30 heavy (non-hydrogen) atoms. The van der Waals surface area contributed by atoms with Gasteiger partial charge in [0.2, 0.25) is 5.91 Å². The Morgan fingerprint density at radius 1 is 1.20 bits per heavy atom. The number of likely N-dealkylation sites (tertiary alicyclic amines) is 1. The molecule has 3 rings (SSSR count). The lowest BCUT2D eigenvalue weighted by Gasteiger charge is -2.31. The fraction of sp³-hybridized carbons (Fsp3) is 0.478. The van der Waals surface area contributed by atoms with E-state index in [-0.39, 0.29) is 11.8 Å². The topological polar surface area (TPSA) is 82.8 Å². The Hall–Kier alpha value is -2.38. The fourth-order valence-corrected chi connectivity index (χ4v) is 4.71. The van der Waals surface area contributed by atoms with Crippen molar-refractivity contribution >= 4 is 23.2 Å². The second-order valence-corrected chi connectivity index (χ2v) is 9.05. The first-order valence-corrected chi connectivity index (χ1v) is 11.5. The van der Waals surface area contributed by atoms with Gasteiger partial charge in [0, 0.05) is 36.4 Å². The number of nitrogens with two attached hydrogens (primary N) is 1. The van der Waals surface area contributed by atoms with Crippen LogP contribution in [0.1, 0.15) is 40.6 Å². The Balaban J connectivity index is 1.49. The van der Waals surface area contributed by atoms with E-state index in [4.69, 9.17) is 5.73 Å². The third-order valence-electron chi connectivity index (χ3n) is 5.48. The molecule has 1 amide bonds. The smallest absolute Gasteiger partial charge is 0.221 e. The van der Waals surface area contributed by atoms with E-state index in [1.54, 1.807) is 7.05 Å². The predicted octanol–water partition coefficient (Wildman–Crippen LogP) is 2.87. The second-order valence-electron chi connectivity index (χ2n) is 7.80. The van der Waals surface area contributed by atoms with Gasteiger partial charge in [-0.2, -0.15) is 0 Å². The van der Waals surface area contributed by atoms with Crippen LogP contribution in [-0.2, 0) is 30.8 Å². The van der Waals surface area contributed by atoms with Crippen LogP contribution >= 0.6 is 11.3 Å². The number of benzene rings is 1. The molecule has 1 aromatic carbocycles. The summed E-state index contributed by atoms with van der Waals surface area (Å²) in [5.74, 6) is 0.604. The third-order valence-corrected chi connectivity index (χ3v) is 6.71. The van der Waals surface area contributed by atoms with E-state index in [1.807, 2.05) is 11.3 Å². The first kappa shape index (κ1) is 22.3. The molecule has 1 fully saturated rings. The summed E-state index contributed by atoms with van der Waals surface area (Å²) in [6.45, 7) is 6.30. The number of amides is 1. The quantitative estimate of drug-likeness (QED) is 0.447. The Bertz CT molecular complexity index is 863. The number of guanidine groups is 1. The highest BCUT2D eigenvalue weighted by molar-refractivity contribution is 7.11. The molecular formula is C23H33N5OS. The van der Waals surface area contributed by atoms with Gasteiger partial charge in [-0.15, -0.1) is 11.3 Å². The third kappa shape index (κ3) is 6.57. The second kappa shape index (κ2) is 11.1. The molecule has 6 nitrogen and oxygen atoms in total. The summed E-state index contributed by atoms with van der Waals surface area (Å²) in [7, 11) is 1.79. The van der Waals surface area contributed by atoms with Crippen LogP contribution in [0, 0.1) is 5.92 Å². The van der Waals surface area contributed by atoms with Crippen LogP contribution in [0.25, 0.3) is 0 Å². The maximum Gasteiger partial charge on any atom is 0.221 e. The van der Waals surface area contributed by atoms with E-state index >= 15 is 0 Å². The van der Waals surface area contributed by atoms with Crippen molar-refractivity contribution in [3.8, 4) is 0 Å². The largest absolute Gasteiger partial charge is 0.369 e. The van der Waals surface area contributed by atoms with Gasteiger partial charge in [0.05, 0.1) is 12.5 Å². The summed E-state index contributed by atoms with van der Waals surface area (Å²) in [4.78, 5) is 20.9. The van der Waals surface area contributed by atoms with Crippen molar-refractivity contribution < 1.29 is 4.79 Å². The number of primary amides is 1. The summed E-state index contributed by atoms with van der Waals surface area (Å²) < 4.78 is 0. The first-order valence-electron chi connectivity index (χ1n) is 10.7. The zero-order chi connectivity index (χ0) is 21.3. The number of piperidine rings is 1. The number of hydrogen-bond acceptors (Lipinski definition) is 4. The number of aryl methyl sites for hydroxylation is 1. The molecule has 2 aromatic rings. The molecule has 1 unspecified atom stereocenters. The number of thiophene rings is 1. The van der Waals surface area contributed by atoms with E-state index in [0.717, 1.165) is 51.4 Å². The summed E-state index contributed by atoms with van der Waals surface area (Å²) in [5, 5.41) is 6.78. The van der Waals surface area contributed by atoms with Crippen LogP contribution < -0.4 is 16.4 Å². The molecule has 162 valence electrons. The van der Waals surface area contributed by atoms with Gasteiger partial charge in [0.15, 0.2) is 5.96 Å². The van der Waals surface area contributed by atoms with E-state index in [9.17, 15) is 4.79 Å². The zero-order valence-corrected chi connectivity index (χ0v) is 18.8. The lowest BCUT2D eigenvalue weighted by Crippen LogP contribution is -2.40. The molecule has 0 spiro atoms. The van der Waals surface area contributed by atoms with Crippen LogP contribution in [0.3, 0.4) is 0 Å². The van der Waals surface area contributed by atoms with Crippen molar-refractivity contribution in [2.45, 2.75) is 45.8 Å². The van der Waals surface area contributed by atoms with Gasteiger partial charge in [-0.3, -0.25) is 14.7 Å². The van der Waals surface area contributed by atoms with Crippen molar-refractivity contribution in [2.24, 2.45) is 16.6 Å². The maximum atomic E-state index is 11.5. The minimum Gasteiger partial charge on any atom is -0.369 e. The minimum absolute atomic E-state index is 0.0188. The molecule has 0 aliphatic carbocycles. The van der Waals surface area contributed by atoms with E-state index in [0.29, 0.717) is 6.54 Å². The standard InChI is InChI=1S/C23H33N5OS/c1-3-20-9-10-21(30-20)14-27-23(25-2)26-13-17-6-4-7-18(12-17)15-28-11-5-8-19(16-28)22(24)29/h4,6-7,9-10,12,19H,3,5,8,11,13-16H2,1-2H3,(H2,24,29)(H2,25,26,27). The summed E-state index contributed by atoms with van der Waals surface area (Å²) in [5.41, 5.74) is 7.98. The molecule has 1 aliphatic heterocycles. The molecular weight excluding hydrogens is 394 g/mol. The maximum absolute atomic E-state index is 11.5. The number of hydrogen-bond donors (Lipinski definition) is 3. The highest BCUT2D eigenvalue weighted by Gasteiger charge is 2.23. The van der Waals surface area contributed by atoms with Gasteiger partial charge >= 0.3 is 0 Å². The molecule has 1 atom stereocenters. The molecule has 1 aromatic heterocycles. The molecule has 0 saturated carbocycles. The number of aliphatic imine (C=N–C) groups is 1. The van der Waals surface area contributed by atoms with Crippen LogP contribution in [0.2, 0.25) is 0 Å². The Kier molecular flexibility index (Phi) is 8.28. The fourth-order valence-electron chi connectivity index (χ4n) is 3.81. The average molecular weight is 428 g/mol. The number of carbonyl (C=O) groups excluding carboxylic acids is 1. The average Bonchev–Trinajstić information content (AvgIpc) is 3.22. The Morgan fingerprint density at radius 3 is 2.70 bits per heavy atom. The van der Waals surface area contributed by atoms with Crippen molar-refractivity contribution in [1.82, 2.24) is 15.5 Å². The van der Waals surface area contributed by atoms with Gasteiger partial charge in [-0.25, -0.2) is 0 Å². The SMILES string of the molecule is CCc1ccc(CNC(=NC)NCc2cccc(CN3CCCC(C(N)=O)C3)c2)s1. The molecule has 0 radical (unpaired) electrons. The highest BCUT2D eigenvalue weighted by Crippen LogP contribution is 2.19. The van der Waals surface area contributed by atoms with Crippen LogP contribution in [0.15, 0.2) is 41.4 Å². The van der Waals surface area contributed by atoms with Crippen molar-refractivity contribution in [2.75, 3.05) is 20.1 Å². The number of rotatable bonds is 8. The van der Waals surface area contributed by atoms with Crippen molar-refractivity contribution in [1.29, 1.82) is 0 Å². The van der Waals surface area contributed by atoms with Crippen molar-refractivity contribution in [3.63, 3.8) is 0 Å². The first-order chi connectivity index (χ1) is 14.6. The molecule has 4 N–H and O–H groups in total. The van der Waals surface area contributed by atoms with E-state index in [1.165, 1.54) is 20.9 Å². The summed E-state index contributed by atoms with van der Waals surface area (Å²) in [6, 6.07) is 13.0. The Morgan fingerprint density at radius 2 is 1.97 bits per heavy atom. The number of carbonyl (C=O) groups is 1. The monoisotopic (exact) mass is 427 g/mol. The van der Waals surface area contributed by atoms with Gasteiger partial charge in [0.1, 0.15) is 0 Å². The van der Waals surface area contributed by atoms with Gasteiger partial charge in [0.25, 0.3) is 0 Å². The predicted molar refractivity (Wildman–Crippen MR) is 124 cm³/mol. The summed E-state index contributed by atoms with van der Waals surface area (Å²) >= 11 is 1.84. The van der Waals surface area contributed by atoms with E-state index in [2.05, 4.69) is 63.8 Å². The van der Waals surface area contributed by atoms with Crippen LogP contribution in [0.5, 0.6) is 0 Å².